The van der Waals surface area contributed by atoms with Crippen LogP contribution in [0.2, 0.25) is 0 Å². The summed E-state index contributed by atoms with van der Waals surface area (Å²) in [7, 11) is 0. The van der Waals surface area contributed by atoms with E-state index in [9.17, 15) is 4.39 Å². The van der Waals surface area contributed by atoms with Gasteiger partial charge >= 0.3 is 0 Å². The second-order valence-corrected chi connectivity index (χ2v) is 5.46. The Bertz CT molecular complexity index is 480. The molecule has 0 radical (unpaired) electrons. The second kappa shape index (κ2) is 10.8. The molecule has 0 aliphatic carbocycles. The Balaban J connectivity index is 0.00000441. The molecule has 0 bridgehead atoms. The molecule has 1 aromatic carbocycles. The monoisotopic (exact) mass is 423 g/mol. The van der Waals surface area contributed by atoms with Crippen molar-refractivity contribution in [3.8, 4) is 0 Å². The fraction of sp³-hybridized carbons (Fsp3) is 0.562. The van der Waals surface area contributed by atoms with Crippen LogP contribution in [0.5, 0.6) is 0 Å². The minimum absolute atomic E-state index is 0. The molecule has 6 heteroatoms. The van der Waals surface area contributed by atoms with E-state index in [2.05, 4.69) is 36.4 Å². The Morgan fingerprint density at radius 3 is 2.55 bits per heavy atom. The average molecular weight is 423 g/mol. The highest BCUT2D eigenvalue weighted by Crippen LogP contribution is 2.11. The molecule has 4 nitrogen and oxygen atoms in total. The van der Waals surface area contributed by atoms with Gasteiger partial charge in [-0.15, -0.1) is 24.0 Å². The Kier molecular flexibility index (Phi) is 10.3. The van der Waals surface area contributed by atoms with Crippen LogP contribution >= 0.6 is 24.0 Å². The van der Waals surface area contributed by atoms with Crippen LogP contribution in [0.4, 0.5) is 4.39 Å². The molecular formula is C16H27FIN3O. The molecule has 0 aliphatic rings. The number of aliphatic hydroxyl groups excluding tert-OH is 1. The van der Waals surface area contributed by atoms with E-state index in [1.165, 1.54) is 6.07 Å². The van der Waals surface area contributed by atoms with Crippen molar-refractivity contribution in [3.63, 3.8) is 0 Å². The molecular weight excluding hydrogens is 396 g/mol. The zero-order chi connectivity index (χ0) is 15.8. The van der Waals surface area contributed by atoms with Crippen LogP contribution in [-0.2, 0) is 13.2 Å². The first-order chi connectivity index (χ1) is 9.97. The molecule has 0 heterocycles. The fourth-order valence-corrected chi connectivity index (χ4v) is 1.72. The van der Waals surface area contributed by atoms with Crippen molar-refractivity contribution >= 4 is 29.9 Å². The summed E-state index contributed by atoms with van der Waals surface area (Å²) in [6.07, 6.45) is 0. The van der Waals surface area contributed by atoms with E-state index < -0.39 is 0 Å². The maximum Gasteiger partial charge on any atom is 0.191 e. The Labute approximate surface area is 149 Å². The first-order valence-corrected chi connectivity index (χ1v) is 7.40. The third-order valence-electron chi connectivity index (χ3n) is 3.41. The van der Waals surface area contributed by atoms with Gasteiger partial charge in [-0.1, -0.05) is 19.9 Å². The maximum atomic E-state index is 13.3. The van der Waals surface area contributed by atoms with E-state index in [0.717, 1.165) is 18.1 Å². The predicted octanol–water partition coefficient (Wildman–Crippen LogP) is 3.04. The van der Waals surface area contributed by atoms with Gasteiger partial charge < -0.3 is 15.7 Å². The maximum absolute atomic E-state index is 13.3. The van der Waals surface area contributed by atoms with Crippen LogP contribution in [0.15, 0.2) is 23.2 Å². The van der Waals surface area contributed by atoms with Crippen molar-refractivity contribution < 1.29 is 9.50 Å². The number of hydrogen-bond acceptors (Lipinski definition) is 2. The summed E-state index contributed by atoms with van der Waals surface area (Å²) in [5.74, 6) is 0.859. The van der Waals surface area contributed by atoms with Crippen LogP contribution < -0.4 is 10.6 Å². The number of nitrogens with one attached hydrogen (secondary N) is 2. The molecule has 0 saturated carbocycles. The van der Waals surface area contributed by atoms with Crippen molar-refractivity contribution in [2.24, 2.45) is 10.9 Å². The lowest BCUT2D eigenvalue weighted by Crippen LogP contribution is -2.44. The van der Waals surface area contributed by atoms with Crippen molar-refractivity contribution in [2.75, 3.05) is 6.54 Å². The Morgan fingerprint density at radius 2 is 2.00 bits per heavy atom. The van der Waals surface area contributed by atoms with Crippen molar-refractivity contribution in [2.45, 2.75) is 46.9 Å². The van der Waals surface area contributed by atoms with Gasteiger partial charge in [-0.25, -0.2) is 9.38 Å². The van der Waals surface area contributed by atoms with E-state index in [0.29, 0.717) is 24.1 Å². The van der Waals surface area contributed by atoms with Gasteiger partial charge in [-0.3, -0.25) is 0 Å². The van der Waals surface area contributed by atoms with Crippen molar-refractivity contribution in [1.29, 1.82) is 0 Å². The molecule has 0 spiro atoms. The van der Waals surface area contributed by atoms with Gasteiger partial charge in [0.25, 0.3) is 0 Å². The minimum atomic E-state index is -0.385. The normalized spacial score (nSPS) is 12.8. The largest absolute Gasteiger partial charge is 0.392 e. The number of aliphatic imine (C=N–C) groups is 1. The highest BCUT2D eigenvalue weighted by Gasteiger charge is 2.09. The topological polar surface area (TPSA) is 56.7 Å². The van der Waals surface area contributed by atoms with Crippen LogP contribution in [0, 0.1) is 11.7 Å². The van der Waals surface area contributed by atoms with Gasteiger partial charge in [-0.05, 0) is 37.5 Å². The minimum Gasteiger partial charge on any atom is -0.392 e. The van der Waals surface area contributed by atoms with Gasteiger partial charge in [0.05, 0.1) is 13.2 Å². The Hall–Kier alpha value is -0.890. The van der Waals surface area contributed by atoms with E-state index in [-0.39, 0.29) is 36.4 Å². The average Bonchev–Trinajstić information content (AvgIpc) is 2.46. The number of benzene rings is 1. The van der Waals surface area contributed by atoms with E-state index in [4.69, 9.17) is 5.11 Å². The zero-order valence-corrected chi connectivity index (χ0v) is 16.0. The summed E-state index contributed by atoms with van der Waals surface area (Å²) in [5.41, 5.74) is 1.17. The summed E-state index contributed by atoms with van der Waals surface area (Å²) in [5, 5.41) is 15.6. The number of rotatable bonds is 6. The van der Waals surface area contributed by atoms with E-state index >= 15 is 0 Å². The lowest BCUT2D eigenvalue weighted by Gasteiger charge is -2.20. The molecule has 0 aromatic heterocycles. The fourth-order valence-electron chi connectivity index (χ4n) is 1.72. The number of guanidine groups is 1. The summed E-state index contributed by atoms with van der Waals surface area (Å²) in [6, 6.07) is 5.01. The summed E-state index contributed by atoms with van der Waals surface area (Å²) in [6.45, 7) is 9.34. The van der Waals surface area contributed by atoms with Crippen LogP contribution in [0.25, 0.3) is 0 Å². The van der Waals surface area contributed by atoms with Gasteiger partial charge in [-0.2, -0.15) is 0 Å². The highest BCUT2D eigenvalue weighted by atomic mass is 127. The zero-order valence-electron chi connectivity index (χ0n) is 13.7. The molecule has 1 unspecified atom stereocenters. The summed E-state index contributed by atoms with van der Waals surface area (Å²) < 4.78 is 13.3. The first-order valence-electron chi connectivity index (χ1n) is 7.40. The van der Waals surface area contributed by atoms with Gasteiger partial charge in [0.15, 0.2) is 5.96 Å². The van der Waals surface area contributed by atoms with Crippen molar-refractivity contribution in [1.82, 2.24) is 10.6 Å². The molecule has 126 valence electrons. The number of aliphatic hydroxyl groups is 1. The number of halogens is 2. The number of hydrogen-bond donors (Lipinski definition) is 3. The van der Waals surface area contributed by atoms with Gasteiger partial charge in [0.1, 0.15) is 5.82 Å². The third kappa shape index (κ3) is 6.91. The molecule has 0 aliphatic heterocycles. The molecule has 0 saturated heterocycles. The summed E-state index contributed by atoms with van der Waals surface area (Å²) in [4.78, 5) is 4.50. The lowest BCUT2D eigenvalue weighted by molar-refractivity contribution is 0.275. The molecule has 0 amide bonds. The quantitative estimate of drug-likeness (QED) is 0.375. The standard InChI is InChI=1S/C16H26FN3O.HI/c1-5-18-16(20-12(4)11(2)3)19-9-13-6-7-15(17)14(8-13)10-21;/h6-8,11-12,21H,5,9-10H2,1-4H3,(H2,18,19,20);1H. The van der Waals surface area contributed by atoms with E-state index in [1.54, 1.807) is 12.1 Å². The predicted molar refractivity (Wildman–Crippen MR) is 100.0 cm³/mol. The van der Waals surface area contributed by atoms with Crippen LogP contribution in [0.3, 0.4) is 0 Å². The van der Waals surface area contributed by atoms with Crippen LogP contribution in [-0.4, -0.2) is 23.7 Å². The molecule has 1 aromatic rings. The van der Waals surface area contributed by atoms with Crippen molar-refractivity contribution in [3.05, 3.63) is 35.1 Å². The molecule has 0 fully saturated rings. The first kappa shape index (κ1) is 21.1. The molecule has 1 rings (SSSR count). The highest BCUT2D eigenvalue weighted by molar-refractivity contribution is 14.0. The van der Waals surface area contributed by atoms with Gasteiger partial charge in [0, 0.05) is 18.2 Å². The second-order valence-electron chi connectivity index (χ2n) is 5.46. The number of nitrogens with zero attached hydrogens (tertiary/aromatic N) is 1. The third-order valence-corrected chi connectivity index (χ3v) is 3.41. The molecule has 3 N–H and O–H groups in total. The summed E-state index contributed by atoms with van der Waals surface area (Å²) >= 11 is 0. The SMILES string of the molecule is CCNC(=NCc1ccc(F)c(CO)c1)NC(C)C(C)C.I. The Morgan fingerprint density at radius 1 is 1.32 bits per heavy atom. The molecule has 1 atom stereocenters. The van der Waals surface area contributed by atoms with Crippen LogP contribution in [0.1, 0.15) is 38.8 Å². The molecule has 22 heavy (non-hydrogen) atoms. The lowest BCUT2D eigenvalue weighted by atomic mass is 10.1. The smallest absolute Gasteiger partial charge is 0.191 e. The van der Waals surface area contributed by atoms with E-state index in [1.807, 2.05) is 6.92 Å². The van der Waals surface area contributed by atoms with Gasteiger partial charge in [0.2, 0.25) is 0 Å².